The van der Waals surface area contributed by atoms with Crippen molar-refractivity contribution in [3.8, 4) is 0 Å². The molecule has 1 atom stereocenters. The van der Waals surface area contributed by atoms with Crippen molar-refractivity contribution in [1.82, 2.24) is 10.6 Å². The van der Waals surface area contributed by atoms with Gasteiger partial charge in [-0.1, -0.05) is 47.5 Å². The first-order valence-electron chi connectivity index (χ1n) is 11.2. The molecule has 0 spiro atoms. The van der Waals surface area contributed by atoms with Crippen molar-refractivity contribution in [2.75, 3.05) is 13.1 Å². The van der Waals surface area contributed by atoms with E-state index in [4.69, 9.17) is 28.0 Å². The minimum atomic E-state index is -4.88. The third kappa shape index (κ3) is 6.06. The molecular weight excluding hydrogens is 575 g/mol. The van der Waals surface area contributed by atoms with Crippen LogP contribution < -0.4 is 15.8 Å². The zero-order chi connectivity index (χ0) is 28.6. The Kier molecular flexibility index (Phi) is 7.72. The van der Waals surface area contributed by atoms with Crippen molar-refractivity contribution in [1.29, 1.82) is 0 Å². The highest BCUT2D eigenvalue weighted by atomic mass is 35.5. The average Bonchev–Trinajstić information content (AvgIpc) is 3.31. The van der Waals surface area contributed by atoms with E-state index < -0.39 is 49.3 Å². The van der Waals surface area contributed by atoms with Gasteiger partial charge in [0.2, 0.25) is 11.6 Å². The summed E-state index contributed by atoms with van der Waals surface area (Å²) in [5.41, 5.74) is -2.68. The van der Waals surface area contributed by atoms with Crippen LogP contribution in [-0.4, -0.2) is 43.0 Å². The topological polar surface area (TPSA) is 81.4 Å². The van der Waals surface area contributed by atoms with E-state index in [1.165, 1.54) is 18.2 Å². The molecule has 3 N–H and O–H groups in total. The van der Waals surface area contributed by atoms with Crippen LogP contribution in [0.4, 0.5) is 26.3 Å². The third-order valence-corrected chi connectivity index (χ3v) is 6.39. The predicted octanol–water partition coefficient (Wildman–Crippen LogP) is 4.22. The molecule has 0 saturated heterocycles. The van der Waals surface area contributed by atoms with E-state index in [0.717, 1.165) is 12.1 Å². The van der Waals surface area contributed by atoms with Crippen molar-refractivity contribution in [2.24, 2.45) is 0 Å². The normalized spacial score (nSPS) is 17.5. The second-order valence-electron chi connectivity index (χ2n) is 8.62. The quantitative estimate of drug-likeness (QED) is 0.375. The molecule has 3 aromatic carbocycles. The summed E-state index contributed by atoms with van der Waals surface area (Å²) in [5.74, 6) is -1.81. The molecule has 6 nitrogen and oxygen atoms in total. The molecule has 1 aliphatic rings. The lowest BCUT2D eigenvalue weighted by molar-refractivity contribution is -0.776. The summed E-state index contributed by atoms with van der Waals surface area (Å²) in [7, 11) is 0. The Morgan fingerprint density at radius 2 is 1.56 bits per heavy atom. The number of benzene rings is 3. The average molecular weight is 593 g/mol. The van der Waals surface area contributed by atoms with Crippen molar-refractivity contribution in [2.45, 2.75) is 24.4 Å². The number of nitrogens with one attached hydrogen (secondary N) is 3. The Morgan fingerprint density at radius 1 is 0.923 bits per heavy atom. The second-order valence-corrected chi connectivity index (χ2v) is 9.50. The number of alkyl halides is 6. The highest BCUT2D eigenvalue weighted by Crippen LogP contribution is 2.47. The van der Waals surface area contributed by atoms with Crippen LogP contribution in [0.3, 0.4) is 0 Å². The fraction of sp³-hybridized carbons (Fsp3) is 0.240. The molecule has 2 amide bonds. The van der Waals surface area contributed by atoms with Gasteiger partial charge in [0.15, 0.2) is 0 Å². The Labute approximate surface area is 226 Å². The van der Waals surface area contributed by atoms with Gasteiger partial charge in [0, 0.05) is 21.2 Å². The van der Waals surface area contributed by atoms with Crippen molar-refractivity contribution >= 4 is 51.5 Å². The van der Waals surface area contributed by atoms with Crippen LogP contribution in [0, 0.1) is 0 Å². The first-order chi connectivity index (χ1) is 18.2. The maximum atomic E-state index is 14.4. The number of amides is 2. The SMILES string of the molecule is O=C(CNC(=O)c1ccc(C2=[NH+]OC(c3cc(Cl)cc(Cl)c3)(C(F)(F)F)C2)c2ccccc12)NCC(F)(F)F. The fourth-order valence-electron chi connectivity index (χ4n) is 4.17. The van der Waals surface area contributed by atoms with Crippen LogP contribution in [0.2, 0.25) is 10.0 Å². The van der Waals surface area contributed by atoms with Gasteiger partial charge in [-0.15, -0.1) is 0 Å². The molecule has 1 aliphatic heterocycles. The molecule has 0 radical (unpaired) electrons. The fourth-order valence-corrected chi connectivity index (χ4v) is 4.69. The number of rotatable bonds is 6. The smallest absolute Gasteiger partial charge is 0.345 e. The van der Waals surface area contributed by atoms with Crippen LogP contribution in [0.1, 0.15) is 27.9 Å². The van der Waals surface area contributed by atoms with Crippen molar-refractivity contribution < 1.29 is 45.9 Å². The van der Waals surface area contributed by atoms with Gasteiger partial charge in [-0.05, 0) is 46.3 Å². The molecular formula is C25H18Cl2F6N3O3+. The van der Waals surface area contributed by atoms with Gasteiger partial charge in [0.25, 0.3) is 5.91 Å². The maximum absolute atomic E-state index is 14.4. The first-order valence-corrected chi connectivity index (χ1v) is 11.9. The Morgan fingerprint density at radius 3 is 2.18 bits per heavy atom. The predicted molar refractivity (Wildman–Crippen MR) is 130 cm³/mol. The van der Waals surface area contributed by atoms with Gasteiger partial charge in [0.1, 0.15) is 6.54 Å². The Hall–Kier alpha value is -3.51. The van der Waals surface area contributed by atoms with Crippen LogP contribution >= 0.6 is 23.2 Å². The van der Waals surface area contributed by atoms with Gasteiger partial charge >= 0.3 is 18.0 Å². The molecule has 39 heavy (non-hydrogen) atoms. The number of carbonyl (C=O) groups is 2. The summed E-state index contributed by atoms with van der Waals surface area (Å²) in [6.45, 7) is -2.26. The van der Waals surface area contributed by atoms with Gasteiger partial charge < -0.3 is 10.6 Å². The summed E-state index contributed by atoms with van der Waals surface area (Å²) >= 11 is 11.9. The van der Waals surface area contributed by atoms with Crippen LogP contribution in [0.25, 0.3) is 10.8 Å². The maximum Gasteiger partial charge on any atom is 0.440 e. The van der Waals surface area contributed by atoms with E-state index in [2.05, 4.69) is 10.5 Å². The molecule has 14 heteroatoms. The highest BCUT2D eigenvalue weighted by Gasteiger charge is 2.66. The minimum Gasteiger partial charge on any atom is -0.345 e. The van der Waals surface area contributed by atoms with Crippen LogP contribution in [0.15, 0.2) is 54.6 Å². The Balaban J connectivity index is 1.62. The summed E-state index contributed by atoms with van der Waals surface area (Å²) in [4.78, 5) is 29.6. The number of halogens is 8. The molecule has 0 aliphatic carbocycles. The molecule has 0 saturated carbocycles. The van der Waals surface area contributed by atoms with Gasteiger partial charge in [-0.25, -0.2) is 0 Å². The molecule has 3 aromatic rings. The number of hydrogen-bond acceptors (Lipinski definition) is 3. The van der Waals surface area contributed by atoms with E-state index >= 15 is 0 Å². The van der Waals surface area contributed by atoms with E-state index in [1.807, 2.05) is 0 Å². The molecule has 206 valence electrons. The van der Waals surface area contributed by atoms with E-state index in [1.54, 1.807) is 29.6 Å². The summed E-state index contributed by atoms with van der Waals surface area (Å²) in [5, 5.41) is 6.96. The number of hydrogen-bond donors (Lipinski definition) is 3. The summed E-state index contributed by atoms with van der Waals surface area (Å²) < 4.78 is 80.0. The summed E-state index contributed by atoms with van der Waals surface area (Å²) in [6, 6.07) is 12.6. The third-order valence-electron chi connectivity index (χ3n) is 5.95. The molecule has 4 rings (SSSR count). The second kappa shape index (κ2) is 10.6. The lowest BCUT2D eigenvalue weighted by Crippen LogP contribution is -2.70. The van der Waals surface area contributed by atoms with E-state index in [-0.39, 0.29) is 26.9 Å². The molecule has 0 bridgehead atoms. The van der Waals surface area contributed by atoms with E-state index in [9.17, 15) is 35.9 Å². The number of carbonyl (C=O) groups excluding carboxylic acids is 2. The van der Waals surface area contributed by atoms with E-state index in [0.29, 0.717) is 16.3 Å². The largest absolute Gasteiger partial charge is 0.440 e. The van der Waals surface area contributed by atoms with Crippen molar-refractivity contribution in [3.63, 3.8) is 0 Å². The monoisotopic (exact) mass is 592 g/mol. The molecule has 1 unspecified atom stereocenters. The molecule has 0 aromatic heterocycles. The van der Waals surface area contributed by atoms with Gasteiger partial charge in [-0.3, -0.25) is 14.4 Å². The Bertz CT molecular complexity index is 1460. The first kappa shape index (κ1) is 28.5. The van der Waals surface area contributed by atoms with Gasteiger partial charge in [0.05, 0.1) is 18.5 Å². The zero-order valence-electron chi connectivity index (χ0n) is 19.6. The highest BCUT2D eigenvalue weighted by molar-refractivity contribution is 6.34. The molecule has 0 fully saturated rings. The lowest BCUT2D eigenvalue weighted by Gasteiger charge is -2.26. The summed E-state index contributed by atoms with van der Waals surface area (Å²) in [6.07, 6.45) is -10.1. The number of fused-ring (bicyclic) bond motifs is 1. The van der Waals surface area contributed by atoms with Gasteiger partial charge in [-0.2, -0.15) is 26.3 Å². The van der Waals surface area contributed by atoms with Crippen LogP contribution in [-0.2, 0) is 15.2 Å². The van der Waals surface area contributed by atoms with Crippen molar-refractivity contribution in [3.05, 3.63) is 81.3 Å². The minimum absolute atomic E-state index is 0.00826. The molecule has 1 heterocycles. The zero-order valence-corrected chi connectivity index (χ0v) is 21.1. The standard InChI is InChI=1S/C25H17Cl2F6N3O3/c26-14-7-13(8-15(27)9-14)23(25(31,32)33)10-20(36-39-23)18-5-6-19(17-4-2-1-3-16(17)18)22(38)34-11-21(37)35-12-24(28,29)30/h1-9H,10-12H2,(H,34,38)(H,35,37)/p+1. The van der Waals surface area contributed by atoms with Crippen LogP contribution in [0.5, 0.6) is 0 Å². The lowest BCUT2D eigenvalue weighted by atomic mass is 9.85.